The van der Waals surface area contributed by atoms with E-state index >= 15 is 0 Å². The Hall–Kier alpha value is -4.94. The van der Waals surface area contributed by atoms with Crippen molar-refractivity contribution < 1.29 is 47.6 Å². The molecule has 4 bridgehead atoms. The summed E-state index contributed by atoms with van der Waals surface area (Å²) in [7, 11) is 3.10. The fraction of sp³-hybridized carbons (Fsp3) is 0.500. The summed E-state index contributed by atoms with van der Waals surface area (Å²) in [5, 5.41) is 0. The Morgan fingerprint density at radius 1 is 0.571 bits per heavy atom. The number of carbonyl (C=O) groups is 4. The number of nitrogens with zero attached hydrogens (tertiary/aromatic N) is 2. The molecule has 3 aliphatic rings. The lowest BCUT2D eigenvalue weighted by atomic mass is 10.0. The topological polar surface area (TPSA) is 149 Å². The highest BCUT2D eigenvalue weighted by Crippen LogP contribution is 2.36. The summed E-state index contributed by atoms with van der Waals surface area (Å²) >= 11 is 0. The van der Waals surface area contributed by atoms with E-state index in [2.05, 4.69) is 9.97 Å². The van der Waals surface area contributed by atoms with Gasteiger partial charge in [-0.3, -0.25) is 19.6 Å². The molecule has 56 heavy (non-hydrogen) atoms. The fourth-order valence-electron chi connectivity index (χ4n) is 6.96. The van der Waals surface area contributed by atoms with E-state index in [0.717, 1.165) is 75.3 Å². The van der Waals surface area contributed by atoms with Crippen LogP contribution >= 0.6 is 0 Å². The van der Waals surface area contributed by atoms with Crippen molar-refractivity contribution in [2.75, 3.05) is 14.2 Å². The summed E-state index contributed by atoms with van der Waals surface area (Å²) in [6.07, 6.45) is 24.4. The molecule has 300 valence electrons. The van der Waals surface area contributed by atoms with Crippen LogP contribution in [0.25, 0.3) is 0 Å². The molecule has 2 aromatic heterocycles. The molecule has 0 spiro atoms. The van der Waals surface area contributed by atoms with Crippen LogP contribution in [-0.4, -0.2) is 59.3 Å². The minimum atomic E-state index is -1.10. The van der Waals surface area contributed by atoms with Gasteiger partial charge in [-0.2, -0.15) is 0 Å². The predicted molar refractivity (Wildman–Crippen MR) is 206 cm³/mol. The van der Waals surface area contributed by atoms with Crippen LogP contribution in [0.1, 0.15) is 114 Å². The van der Waals surface area contributed by atoms with Gasteiger partial charge in [0.15, 0.2) is 11.6 Å². The molecule has 0 saturated heterocycles. The van der Waals surface area contributed by atoms with Gasteiger partial charge in [-0.15, -0.1) is 0 Å². The number of allylic oxidation sites excluding steroid dienone is 2. The van der Waals surface area contributed by atoms with Crippen molar-refractivity contribution in [3.63, 3.8) is 0 Å². The van der Waals surface area contributed by atoms with Crippen LogP contribution < -0.4 is 0 Å². The number of methoxy groups -OCH3 is 2. The number of hydrogen-bond donors (Lipinski definition) is 0. The lowest BCUT2D eigenvalue weighted by molar-refractivity contribution is -0.159. The Kier molecular flexibility index (Phi) is 16.1. The van der Waals surface area contributed by atoms with Crippen molar-refractivity contribution in [2.45, 2.75) is 128 Å². The number of carbonyl (C=O) groups excluding carboxylic acids is 4. The lowest BCUT2D eigenvalue weighted by Crippen LogP contribution is -2.30. The Labute approximate surface area is 329 Å². The van der Waals surface area contributed by atoms with Crippen molar-refractivity contribution in [2.24, 2.45) is 0 Å². The first-order valence-electron chi connectivity index (χ1n) is 19.8. The Morgan fingerprint density at radius 3 is 1.30 bits per heavy atom. The van der Waals surface area contributed by atoms with E-state index in [9.17, 15) is 19.2 Å². The van der Waals surface area contributed by atoms with E-state index in [1.165, 1.54) is 0 Å². The smallest absolute Gasteiger partial charge is 0.345 e. The van der Waals surface area contributed by atoms with E-state index in [1.807, 2.05) is 0 Å². The summed E-state index contributed by atoms with van der Waals surface area (Å²) < 4.78 is 35.3. The van der Waals surface area contributed by atoms with Gasteiger partial charge in [-0.25, -0.2) is 9.59 Å². The summed E-state index contributed by atoms with van der Waals surface area (Å²) in [5.74, 6) is -3.99. The van der Waals surface area contributed by atoms with Gasteiger partial charge in [0.05, 0.1) is 0 Å². The maximum atomic E-state index is 13.6. The minimum absolute atomic E-state index is 0.00219. The fourth-order valence-corrected chi connectivity index (χ4v) is 6.96. The molecule has 5 rings (SSSR count). The van der Waals surface area contributed by atoms with Gasteiger partial charge in [-0.05, 0) is 85.4 Å². The molecule has 0 N–H and O–H groups in total. The SMILES string of the molecule is COC12C=C/C(=C(/C(=O)OCc3ccncc3)C(=O)CCCCCCCCC3(OC)C=C/C(=C(\C(=O)OCc4ccncc4)C(=O)CCCCCCCC1)O3)O2. The number of esters is 2. The largest absolute Gasteiger partial charge is 0.458 e. The maximum absolute atomic E-state index is 13.6. The molecule has 0 fully saturated rings. The molecule has 0 amide bonds. The number of aromatic nitrogens is 2. The molecule has 0 aliphatic carbocycles. The van der Waals surface area contributed by atoms with Crippen LogP contribution in [0.3, 0.4) is 0 Å². The zero-order valence-electron chi connectivity index (χ0n) is 32.6. The summed E-state index contributed by atoms with van der Waals surface area (Å²) in [6, 6.07) is 7.00. The minimum Gasteiger partial charge on any atom is -0.458 e. The van der Waals surface area contributed by atoms with Gasteiger partial charge in [0.1, 0.15) is 35.9 Å². The van der Waals surface area contributed by atoms with E-state index < -0.39 is 23.5 Å². The quantitative estimate of drug-likeness (QED) is 0.189. The third kappa shape index (κ3) is 12.0. The normalized spacial score (nSPS) is 26.0. The van der Waals surface area contributed by atoms with Crippen molar-refractivity contribution >= 4 is 23.5 Å². The van der Waals surface area contributed by atoms with Gasteiger partial charge in [0, 0.05) is 64.7 Å². The second-order valence-electron chi connectivity index (χ2n) is 14.3. The van der Waals surface area contributed by atoms with Crippen LogP contribution in [-0.2, 0) is 60.8 Å². The first-order chi connectivity index (χ1) is 27.3. The molecular weight excluding hydrogens is 716 g/mol. The Morgan fingerprint density at radius 2 is 0.929 bits per heavy atom. The molecule has 3 aliphatic heterocycles. The standard InChI is InChI=1S/C44H54N2O10/c1-51-43-23-13-9-5-3-7-12-16-36(48)40(42(50)54-32-34-21-29-46-30-22-34)38-18-26-44(52-2,56-38)24-14-10-6-4-8-11-15-35(47)39(37(55-43)17-25-43)41(49)53-31-33-19-27-45-28-20-33/h17-22,25-30H,3-16,23-24,31-32H2,1-2H3/b39-37-,40-38+. The second kappa shape index (κ2) is 21.4. The monoisotopic (exact) mass is 770 g/mol. The zero-order valence-corrected chi connectivity index (χ0v) is 32.6. The number of ether oxygens (including phenoxy) is 6. The maximum Gasteiger partial charge on any atom is 0.345 e. The molecular formula is C44H54N2O10. The first kappa shape index (κ1) is 42.2. The lowest BCUT2D eigenvalue weighted by Gasteiger charge is -2.27. The van der Waals surface area contributed by atoms with Crippen molar-refractivity contribution in [1.29, 1.82) is 0 Å². The number of pyridine rings is 2. The van der Waals surface area contributed by atoms with Crippen LogP contribution in [0.2, 0.25) is 0 Å². The third-order valence-electron chi connectivity index (χ3n) is 10.3. The second-order valence-corrected chi connectivity index (χ2v) is 14.3. The van der Waals surface area contributed by atoms with Crippen molar-refractivity contribution in [1.82, 2.24) is 9.97 Å². The van der Waals surface area contributed by atoms with E-state index in [0.29, 0.717) is 25.7 Å². The van der Waals surface area contributed by atoms with Gasteiger partial charge in [-0.1, -0.05) is 51.4 Å². The molecule has 5 heterocycles. The number of hydrogen-bond acceptors (Lipinski definition) is 12. The molecule has 2 atom stereocenters. The summed E-state index contributed by atoms with van der Waals surface area (Å²) in [4.78, 5) is 62.1. The van der Waals surface area contributed by atoms with Gasteiger partial charge in [0.2, 0.25) is 11.6 Å². The molecule has 0 radical (unpaired) electrons. The number of fused-ring (bicyclic) bond motifs is 4. The molecule has 2 unspecified atom stereocenters. The summed E-state index contributed by atoms with van der Waals surface area (Å²) in [5.41, 5.74) is 1.32. The Bertz CT molecular complexity index is 1640. The van der Waals surface area contributed by atoms with Gasteiger partial charge in [0.25, 0.3) is 0 Å². The Balaban J connectivity index is 1.25. The third-order valence-corrected chi connectivity index (χ3v) is 10.3. The van der Waals surface area contributed by atoms with E-state index in [4.69, 9.17) is 28.4 Å². The number of Topliss-reactive ketones (excluding diaryl/α,β-unsaturated/α-hetero) is 2. The van der Waals surface area contributed by atoms with E-state index in [-0.39, 0.29) is 60.3 Å². The summed E-state index contributed by atoms with van der Waals surface area (Å²) in [6.45, 7) is 0.00437. The highest BCUT2D eigenvalue weighted by Gasteiger charge is 2.39. The molecule has 12 nitrogen and oxygen atoms in total. The zero-order chi connectivity index (χ0) is 39.6. The van der Waals surface area contributed by atoms with E-state index in [1.54, 1.807) is 87.6 Å². The average Bonchev–Trinajstić information content (AvgIpc) is 3.84. The average molecular weight is 771 g/mol. The number of rotatable bonds is 8. The van der Waals surface area contributed by atoms with Crippen molar-refractivity contribution in [3.8, 4) is 0 Å². The first-order valence-corrected chi connectivity index (χ1v) is 19.8. The predicted octanol–water partition coefficient (Wildman–Crippen LogP) is 8.02. The van der Waals surface area contributed by atoms with Crippen molar-refractivity contribution in [3.05, 3.63) is 107 Å². The molecule has 0 aromatic carbocycles. The van der Waals surface area contributed by atoms with Crippen LogP contribution in [0.15, 0.2) is 96.0 Å². The van der Waals surface area contributed by atoms with Gasteiger partial charge >= 0.3 is 11.9 Å². The van der Waals surface area contributed by atoms with Crippen LogP contribution in [0.4, 0.5) is 0 Å². The van der Waals surface area contributed by atoms with Crippen LogP contribution in [0, 0.1) is 0 Å². The highest BCUT2D eigenvalue weighted by molar-refractivity contribution is 6.18. The number of ketones is 2. The molecule has 2 aromatic rings. The molecule has 0 saturated carbocycles. The molecule has 12 heteroatoms. The van der Waals surface area contributed by atoms with Gasteiger partial charge < -0.3 is 28.4 Å². The highest BCUT2D eigenvalue weighted by atomic mass is 16.7. The van der Waals surface area contributed by atoms with Crippen LogP contribution in [0.5, 0.6) is 0 Å².